The van der Waals surface area contributed by atoms with E-state index in [2.05, 4.69) is 30.9 Å². The Hall–Kier alpha value is -2.77. The molecule has 0 atom stereocenters. The van der Waals surface area contributed by atoms with E-state index in [0.29, 0.717) is 21.8 Å². The van der Waals surface area contributed by atoms with Gasteiger partial charge in [0.15, 0.2) is 5.01 Å². The third-order valence-corrected chi connectivity index (χ3v) is 5.84. The smallest absolute Gasteiger partial charge is 0.223 e. The number of nitrogens with zero attached hydrogens (tertiary/aromatic N) is 1. The first-order chi connectivity index (χ1) is 13.1. The fourth-order valence-corrected chi connectivity index (χ4v) is 4.35. The van der Waals surface area contributed by atoms with Crippen molar-refractivity contribution in [1.29, 1.82) is 0 Å². The first-order valence-electron chi connectivity index (χ1n) is 8.14. The molecule has 7 heteroatoms. The number of hydrogen-bond acceptors (Lipinski definition) is 3. The van der Waals surface area contributed by atoms with E-state index in [4.69, 9.17) is 0 Å². The van der Waals surface area contributed by atoms with Gasteiger partial charge in [0.25, 0.3) is 0 Å². The van der Waals surface area contributed by atoms with Crippen LogP contribution in [-0.2, 0) is 0 Å². The maximum absolute atomic E-state index is 13.4. The molecule has 4 nitrogen and oxygen atoms in total. The third-order valence-electron chi connectivity index (χ3n) is 4.51. The van der Waals surface area contributed by atoms with E-state index >= 15 is 0 Å². The van der Waals surface area contributed by atoms with E-state index in [1.165, 1.54) is 23.5 Å². The minimum absolute atomic E-state index is 0.120. The van der Waals surface area contributed by atoms with E-state index < -0.39 is 0 Å². The maximum Gasteiger partial charge on any atom is 0.223 e. The minimum Gasteiger partial charge on any atom is -0.360 e. The second-order valence-corrected chi connectivity index (χ2v) is 7.93. The van der Waals surface area contributed by atoms with Gasteiger partial charge in [0.2, 0.25) is 5.78 Å². The van der Waals surface area contributed by atoms with Crippen LogP contribution in [-0.4, -0.2) is 20.7 Å². The van der Waals surface area contributed by atoms with Gasteiger partial charge in [-0.3, -0.25) is 4.79 Å². The number of H-pyrrole nitrogens is 2. The molecule has 5 aromatic rings. The predicted molar refractivity (Wildman–Crippen MR) is 109 cm³/mol. The quantitative estimate of drug-likeness (QED) is 0.343. The molecule has 2 aromatic carbocycles. The lowest BCUT2D eigenvalue weighted by molar-refractivity contribution is 0.104. The zero-order chi connectivity index (χ0) is 18.5. The number of aromatic amines is 2. The van der Waals surface area contributed by atoms with Gasteiger partial charge < -0.3 is 9.97 Å². The number of thiazole rings is 1. The van der Waals surface area contributed by atoms with Crippen LogP contribution in [0.2, 0.25) is 0 Å². The van der Waals surface area contributed by atoms with Crippen molar-refractivity contribution in [3.63, 3.8) is 0 Å². The Labute approximate surface area is 165 Å². The average Bonchev–Trinajstić information content (AvgIpc) is 3.37. The Morgan fingerprint density at radius 1 is 1.04 bits per heavy atom. The number of hydrogen-bond donors (Lipinski definition) is 2. The highest BCUT2D eigenvalue weighted by molar-refractivity contribution is 9.10. The predicted octanol–water partition coefficient (Wildman–Crippen LogP) is 5.91. The van der Waals surface area contributed by atoms with E-state index in [9.17, 15) is 9.18 Å². The van der Waals surface area contributed by atoms with Crippen LogP contribution in [0.25, 0.3) is 33.1 Å². The molecule has 27 heavy (non-hydrogen) atoms. The molecule has 2 N–H and O–H groups in total. The van der Waals surface area contributed by atoms with Gasteiger partial charge in [0, 0.05) is 49.6 Å². The zero-order valence-electron chi connectivity index (χ0n) is 13.7. The van der Waals surface area contributed by atoms with Crippen LogP contribution in [0.5, 0.6) is 0 Å². The molecule has 0 saturated carbocycles. The lowest BCUT2D eigenvalue weighted by atomic mass is 10.1. The average molecular weight is 440 g/mol. The molecule has 0 amide bonds. The summed E-state index contributed by atoms with van der Waals surface area (Å²) in [6.45, 7) is 0. The number of carbonyl (C=O) groups excluding carboxylic acids is 1. The van der Waals surface area contributed by atoms with Crippen molar-refractivity contribution in [2.45, 2.75) is 0 Å². The Morgan fingerprint density at radius 3 is 2.70 bits per heavy atom. The zero-order valence-corrected chi connectivity index (χ0v) is 16.1. The number of ketones is 1. The number of fused-ring (bicyclic) bond motifs is 2. The summed E-state index contributed by atoms with van der Waals surface area (Å²) >= 11 is 4.74. The lowest BCUT2D eigenvalue weighted by Crippen LogP contribution is -1.99. The van der Waals surface area contributed by atoms with Crippen LogP contribution in [0.1, 0.15) is 15.4 Å². The van der Waals surface area contributed by atoms with Gasteiger partial charge >= 0.3 is 0 Å². The summed E-state index contributed by atoms with van der Waals surface area (Å²) in [5.41, 5.74) is 3.74. The van der Waals surface area contributed by atoms with Crippen molar-refractivity contribution in [1.82, 2.24) is 15.0 Å². The summed E-state index contributed by atoms with van der Waals surface area (Å²) in [4.78, 5) is 23.7. The van der Waals surface area contributed by atoms with Crippen molar-refractivity contribution in [3.05, 3.63) is 75.0 Å². The van der Waals surface area contributed by atoms with Gasteiger partial charge in [-0.1, -0.05) is 22.0 Å². The second-order valence-electron chi connectivity index (χ2n) is 6.15. The number of rotatable bonds is 3. The molecule has 0 saturated heterocycles. The van der Waals surface area contributed by atoms with Gasteiger partial charge in [-0.15, -0.1) is 11.3 Å². The molecule has 0 radical (unpaired) electrons. The fraction of sp³-hybridized carbons (Fsp3) is 0. The Bertz CT molecular complexity index is 1330. The summed E-state index contributed by atoms with van der Waals surface area (Å²) in [6.07, 6.45) is 3.51. The molecule has 0 aliphatic heterocycles. The topological polar surface area (TPSA) is 61.5 Å². The van der Waals surface area contributed by atoms with Gasteiger partial charge in [-0.05, 0) is 30.3 Å². The molecule has 0 spiro atoms. The van der Waals surface area contributed by atoms with Crippen LogP contribution < -0.4 is 0 Å². The largest absolute Gasteiger partial charge is 0.360 e. The first kappa shape index (κ1) is 16.4. The number of carbonyl (C=O) groups is 1. The first-order valence-corrected chi connectivity index (χ1v) is 9.81. The summed E-state index contributed by atoms with van der Waals surface area (Å²) in [7, 11) is 0. The molecule has 3 heterocycles. The summed E-state index contributed by atoms with van der Waals surface area (Å²) in [5.74, 6) is -0.415. The van der Waals surface area contributed by atoms with Gasteiger partial charge in [-0.25, -0.2) is 9.37 Å². The van der Waals surface area contributed by atoms with Crippen LogP contribution in [0.15, 0.2) is 58.6 Å². The SMILES string of the molecule is O=C(c1nc(-c2c[nH]c3cc(F)ccc23)cs1)c1c[nH]c2cc(Br)ccc12. The molecule has 3 aromatic heterocycles. The normalized spacial score (nSPS) is 11.5. The van der Waals surface area contributed by atoms with E-state index in [1.54, 1.807) is 18.5 Å². The maximum atomic E-state index is 13.4. The van der Waals surface area contributed by atoms with Crippen LogP contribution in [0, 0.1) is 5.82 Å². The van der Waals surface area contributed by atoms with Crippen molar-refractivity contribution in [2.24, 2.45) is 0 Å². The van der Waals surface area contributed by atoms with Crippen LogP contribution in [0.3, 0.4) is 0 Å². The highest BCUT2D eigenvalue weighted by Gasteiger charge is 2.19. The summed E-state index contributed by atoms with van der Waals surface area (Å²) < 4.78 is 14.3. The number of halogens is 2. The molecule has 0 fully saturated rings. The van der Waals surface area contributed by atoms with E-state index in [1.807, 2.05) is 23.6 Å². The second kappa shape index (κ2) is 6.14. The minimum atomic E-state index is -0.295. The van der Waals surface area contributed by atoms with E-state index in [-0.39, 0.29) is 11.6 Å². The van der Waals surface area contributed by atoms with Crippen molar-refractivity contribution in [2.75, 3.05) is 0 Å². The number of aromatic nitrogens is 3. The highest BCUT2D eigenvalue weighted by Crippen LogP contribution is 2.31. The molecule has 0 aliphatic rings. The van der Waals surface area contributed by atoms with Crippen molar-refractivity contribution >= 4 is 54.9 Å². The monoisotopic (exact) mass is 439 g/mol. The molecule has 0 unspecified atom stereocenters. The standard InChI is InChI=1S/C20H11BrFN3OS/c21-10-1-3-13-15(8-24-16(13)5-10)19(26)20-25-18(9-27-20)14-7-23-17-6-11(22)2-4-12(14)17/h1-9,23-24H. The third kappa shape index (κ3) is 2.70. The van der Waals surface area contributed by atoms with Gasteiger partial charge in [0.05, 0.1) is 11.3 Å². The molecule has 132 valence electrons. The Balaban J connectivity index is 1.55. The molecular weight excluding hydrogens is 429 g/mol. The highest BCUT2D eigenvalue weighted by atomic mass is 79.9. The Kier molecular flexibility index (Phi) is 3.73. The molecule has 5 rings (SSSR count). The fourth-order valence-electron chi connectivity index (χ4n) is 3.21. The van der Waals surface area contributed by atoms with Gasteiger partial charge in [-0.2, -0.15) is 0 Å². The number of nitrogens with one attached hydrogen (secondary N) is 2. The summed E-state index contributed by atoms with van der Waals surface area (Å²) in [6, 6.07) is 10.3. The molecular formula is C20H11BrFN3OS. The lowest BCUT2D eigenvalue weighted by Gasteiger charge is -1.97. The Morgan fingerprint density at radius 2 is 1.81 bits per heavy atom. The van der Waals surface area contributed by atoms with Crippen molar-refractivity contribution in [3.8, 4) is 11.3 Å². The summed E-state index contributed by atoms with van der Waals surface area (Å²) in [5, 5.41) is 4.01. The number of benzene rings is 2. The van der Waals surface area contributed by atoms with Crippen LogP contribution in [0.4, 0.5) is 4.39 Å². The molecule has 0 aliphatic carbocycles. The molecule has 0 bridgehead atoms. The van der Waals surface area contributed by atoms with Gasteiger partial charge in [0.1, 0.15) is 5.82 Å². The van der Waals surface area contributed by atoms with Crippen molar-refractivity contribution < 1.29 is 9.18 Å². The van der Waals surface area contributed by atoms with E-state index in [0.717, 1.165) is 26.3 Å². The van der Waals surface area contributed by atoms with Crippen LogP contribution >= 0.6 is 27.3 Å².